The van der Waals surface area contributed by atoms with E-state index in [0.29, 0.717) is 35.4 Å². The van der Waals surface area contributed by atoms with Crippen LogP contribution in [0.2, 0.25) is 0 Å². The Bertz CT molecular complexity index is 2450. The van der Waals surface area contributed by atoms with Gasteiger partial charge in [0.25, 0.3) is 5.92 Å². The van der Waals surface area contributed by atoms with Gasteiger partial charge in [-0.15, -0.1) is 5.12 Å². The fraction of sp³-hybridized carbons (Fsp3) is 0.0625. The molecule has 5 aromatic rings. The zero-order valence-electron chi connectivity index (χ0n) is 25.0. The number of halogens is 9. The third kappa shape index (κ3) is 4.43. The van der Waals surface area contributed by atoms with E-state index in [0.717, 1.165) is 21.4 Å². The monoisotopic (exact) mass is 726 g/mol. The summed E-state index contributed by atoms with van der Waals surface area (Å²) in [5.41, 5.74) is -2.00. The lowest BCUT2D eigenvalue weighted by molar-refractivity contribution is 0.101. The zero-order chi connectivity index (χ0) is 35.3. The van der Waals surface area contributed by atoms with E-state index in [-0.39, 0.29) is 34.3 Å². The van der Waals surface area contributed by atoms with Gasteiger partial charge in [0.05, 0.1) is 11.1 Å². The van der Waals surface area contributed by atoms with E-state index in [1.165, 1.54) is 12.1 Å². The molecule has 2 atom stereocenters. The maximum Gasteiger partial charge on any atom is 0.353 e. The summed E-state index contributed by atoms with van der Waals surface area (Å²) in [5.74, 6) is -16.7. The van der Waals surface area contributed by atoms with Crippen molar-refractivity contribution in [3.63, 3.8) is 0 Å². The van der Waals surface area contributed by atoms with Crippen molar-refractivity contribution in [2.45, 2.75) is 11.8 Å². The second-order valence-electron chi connectivity index (χ2n) is 11.2. The minimum Gasteiger partial charge on any atom is -0.323 e. The Morgan fingerprint density at radius 3 is 2.04 bits per heavy atom. The van der Waals surface area contributed by atoms with Crippen LogP contribution in [0.4, 0.5) is 46.8 Å². The normalized spacial score (nSPS) is 23.2. The molecule has 2 unspecified atom stereocenters. The molecule has 4 aromatic carbocycles. The van der Waals surface area contributed by atoms with Crippen LogP contribution in [0.1, 0.15) is 33.4 Å². The van der Waals surface area contributed by atoms with Crippen LogP contribution in [0, 0.1) is 29.1 Å². The summed E-state index contributed by atoms with van der Waals surface area (Å²) in [6.45, 7) is 0. The van der Waals surface area contributed by atoms with Crippen LogP contribution in [-0.4, -0.2) is 43.7 Å². The number of amidine groups is 4. The van der Waals surface area contributed by atoms with E-state index >= 15 is 22.0 Å². The molecule has 0 fully saturated rings. The van der Waals surface area contributed by atoms with Crippen molar-refractivity contribution in [3.05, 3.63) is 129 Å². The molecule has 9 rings (SSSR count). The predicted octanol–water partition coefficient (Wildman–Crippen LogP) is 6.44. The predicted molar refractivity (Wildman–Crippen MR) is 173 cm³/mol. The molecule has 4 aliphatic heterocycles. The number of aliphatic imine (C=N–C) groups is 4. The van der Waals surface area contributed by atoms with Crippen molar-refractivity contribution in [1.29, 1.82) is 0 Å². The van der Waals surface area contributed by atoms with Crippen LogP contribution in [0.5, 0.6) is 0 Å². The topological polar surface area (TPSA) is 92.5 Å². The molecule has 50 heavy (non-hydrogen) atoms. The lowest BCUT2D eigenvalue weighted by Gasteiger charge is -2.26. The van der Waals surface area contributed by atoms with Crippen LogP contribution < -0.4 is 15.8 Å². The molecule has 18 heteroatoms. The largest absolute Gasteiger partial charge is 0.353 e. The molecular weight excluding hydrogens is 711 g/mol. The first-order valence-corrected chi connectivity index (χ1v) is 17.5. The van der Waals surface area contributed by atoms with Crippen molar-refractivity contribution in [1.82, 2.24) is 15.6 Å². The molecule has 8 nitrogen and oxygen atoms in total. The first-order valence-electron chi connectivity index (χ1n) is 14.5. The van der Waals surface area contributed by atoms with Gasteiger partial charge in [0.15, 0.2) is 40.8 Å². The number of aromatic nitrogens is 1. The first-order chi connectivity index (χ1) is 24.0. The molecule has 5 heterocycles. The third-order valence-electron chi connectivity index (χ3n) is 8.45. The Balaban J connectivity index is 0.00000177. The Labute approximate surface area is 287 Å². The molecule has 0 saturated heterocycles. The summed E-state index contributed by atoms with van der Waals surface area (Å²) in [6.07, 6.45) is 0. The Morgan fingerprint density at radius 1 is 0.680 bits per heavy atom. The van der Waals surface area contributed by atoms with Gasteiger partial charge in [0.2, 0.25) is 0 Å². The maximum atomic E-state index is 17.1. The van der Waals surface area contributed by atoms with Gasteiger partial charge < -0.3 is 15.6 Å². The highest BCUT2D eigenvalue weighted by atomic mass is 35.6. The Hall–Kier alpha value is -5.24. The number of hydrogen-bond donors (Lipinski definition) is 3. The van der Waals surface area contributed by atoms with Crippen molar-refractivity contribution in [2.75, 3.05) is 5.12 Å². The van der Waals surface area contributed by atoms with Gasteiger partial charge in [-0.3, -0.25) is 10.0 Å². The van der Waals surface area contributed by atoms with Gasteiger partial charge >= 0.3 is 21.3 Å². The van der Waals surface area contributed by atoms with E-state index in [9.17, 15) is 13.2 Å². The average molecular weight is 727 g/mol. The molecule has 0 amide bonds. The van der Waals surface area contributed by atoms with Gasteiger partial charge in [-0.05, 0) is 30.3 Å². The SMILES string of the molecule is Fc1cc2c3[nH]c(c2cc1F)N(F)C1(F)N=C(NC2(F)N\C(=N/C4=N\C(=N/3)c3ccccc34)c3cccc(F)c32)c2c1ccc(F)c2F.[AlH2][Cl]. The number of rotatable bonds is 0. The molecular formula is C32H16AlClF8N8. The van der Waals surface area contributed by atoms with Crippen molar-refractivity contribution in [3.8, 4) is 0 Å². The average Bonchev–Trinajstić information content (AvgIpc) is 3.79. The van der Waals surface area contributed by atoms with E-state index in [1.54, 1.807) is 24.3 Å². The molecule has 4 aliphatic rings. The fourth-order valence-corrected chi connectivity index (χ4v) is 6.31. The number of fused-ring (bicyclic) bond motifs is 18. The number of hydrogen-bond acceptors (Lipinski definition) is 7. The maximum absolute atomic E-state index is 17.1. The highest BCUT2D eigenvalue weighted by molar-refractivity contribution is 6.80. The Morgan fingerprint density at radius 2 is 1.32 bits per heavy atom. The van der Waals surface area contributed by atoms with Gasteiger partial charge in [0.1, 0.15) is 23.3 Å². The number of nitrogens with zero attached hydrogens (tertiary/aromatic N) is 5. The molecule has 0 aliphatic carbocycles. The highest BCUT2D eigenvalue weighted by Gasteiger charge is 2.53. The molecule has 8 bridgehead atoms. The van der Waals surface area contributed by atoms with Gasteiger partial charge in [0, 0.05) is 33.0 Å². The van der Waals surface area contributed by atoms with Gasteiger partial charge in [-0.2, -0.15) is 8.78 Å². The van der Waals surface area contributed by atoms with Crippen LogP contribution in [-0.2, 0) is 11.8 Å². The number of aromatic amines is 1. The number of alkyl halides is 2. The van der Waals surface area contributed by atoms with Crippen molar-refractivity contribution < 1.29 is 35.2 Å². The van der Waals surface area contributed by atoms with Crippen LogP contribution in [0.3, 0.4) is 0 Å². The van der Waals surface area contributed by atoms with Crippen LogP contribution >= 0.6 is 10.0 Å². The number of H-pyrrole nitrogens is 1. The van der Waals surface area contributed by atoms with Gasteiger partial charge in [-0.25, -0.2) is 41.9 Å². The first kappa shape index (κ1) is 32.0. The molecule has 1 aromatic heterocycles. The summed E-state index contributed by atoms with van der Waals surface area (Å²) in [5, 5.41) is 3.18. The summed E-state index contributed by atoms with van der Waals surface area (Å²) in [6, 6.07) is 12.5. The molecule has 3 N–H and O–H groups in total. The van der Waals surface area contributed by atoms with Crippen molar-refractivity contribution >= 4 is 71.2 Å². The van der Waals surface area contributed by atoms with E-state index in [2.05, 4.69) is 35.6 Å². The summed E-state index contributed by atoms with van der Waals surface area (Å²) in [7, 11) is 4.78. The number of nitrogens with one attached hydrogen (secondary N) is 3. The molecule has 250 valence electrons. The molecule has 0 saturated carbocycles. The lowest BCUT2D eigenvalue weighted by Crippen LogP contribution is -2.51. The van der Waals surface area contributed by atoms with Crippen LogP contribution in [0.15, 0.2) is 86.7 Å². The van der Waals surface area contributed by atoms with E-state index in [4.69, 9.17) is 10.0 Å². The van der Waals surface area contributed by atoms with E-state index in [1.807, 2.05) is 0 Å². The minimum absolute atomic E-state index is 0.0294. The minimum atomic E-state index is -3.77. The smallest absolute Gasteiger partial charge is 0.323 e. The number of benzene rings is 4. The van der Waals surface area contributed by atoms with Crippen molar-refractivity contribution in [2.24, 2.45) is 20.0 Å². The molecule has 0 radical (unpaired) electrons. The second-order valence-corrected chi connectivity index (χ2v) is 11.2. The lowest BCUT2D eigenvalue weighted by atomic mass is 10.0. The third-order valence-corrected chi connectivity index (χ3v) is 8.45. The summed E-state index contributed by atoms with van der Waals surface area (Å²) >= 11 is 0.778. The fourth-order valence-electron chi connectivity index (χ4n) is 6.31. The van der Waals surface area contributed by atoms with Gasteiger partial charge in [-0.1, -0.05) is 40.9 Å². The second kappa shape index (κ2) is 11.1. The Kier molecular flexibility index (Phi) is 7.13. The molecule has 0 spiro atoms. The van der Waals surface area contributed by atoms with E-state index < -0.39 is 79.8 Å². The van der Waals surface area contributed by atoms with Crippen LogP contribution in [0.25, 0.3) is 10.8 Å². The quantitative estimate of drug-likeness (QED) is 0.0743. The summed E-state index contributed by atoms with van der Waals surface area (Å²) in [4.78, 5) is 19.4. The summed E-state index contributed by atoms with van der Waals surface area (Å²) < 4.78 is 125. The highest BCUT2D eigenvalue weighted by Crippen LogP contribution is 2.48. The standard InChI is InChI=1S/C32H14F8N8.Al.ClH.2H/c33-18-7-3-6-14-23(18)31(38)45-28(14)43-26-13-5-2-1-4-12(13)25(41-26)42-27-15-10-20(35)21(36)11-16(15)30(44-27)48(40)32(39)17-8-9-19(34)24(37)22(17)29(46-31)47-32;;;;/h1-11,44H,(H,46,47)(H,41,42,43,45);;1H;;/q;+1;;;/p-1. The zero-order valence-corrected chi connectivity index (χ0v) is 27.7. The number of anilines is 1.